The highest BCUT2D eigenvalue weighted by Crippen LogP contribution is 2.32. The Bertz CT molecular complexity index is 1130. The van der Waals surface area contributed by atoms with E-state index in [2.05, 4.69) is 0 Å². The molecule has 0 aliphatic heterocycles. The number of para-hydroxylation sites is 4. The number of hydrogen-bond donors (Lipinski definition) is 0. The second-order valence-corrected chi connectivity index (χ2v) is 9.14. The lowest BCUT2D eigenvalue weighted by molar-refractivity contribution is -0.0255. The maximum absolute atomic E-state index is 13.6. The Morgan fingerprint density at radius 1 is 0.474 bits per heavy atom. The summed E-state index contributed by atoms with van der Waals surface area (Å²) >= 11 is 0. The average Bonchev–Trinajstić information content (AvgIpc) is 2.97. The molecule has 4 aromatic rings. The van der Waals surface area contributed by atoms with Gasteiger partial charge in [0.15, 0.2) is 0 Å². The Kier molecular flexibility index (Phi) is 7.99. The van der Waals surface area contributed by atoms with E-state index in [-0.39, 0.29) is 0 Å². The molecular weight excluding hydrogens is 476 g/mol. The van der Waals surface area contributed by atoms with Crippen LogP contribution in [-0.2, 0) is 9.47 Å². The van der Waals surface area contributed by atoms with Crippen LogP contribution in [0.5, 0.6) is 0 Å². The van der Waals surface area contributed by atoms with Crippen LogP contribution in [0, 0.1) is 0 Å². The van der Waals surface area contributed by atoms with Crippen LogP contribution in [0.25, 0.3) is 0 Å². The summed E-state index contributed by atoms with van der Waals surface area (Å²) in [5, 5.41) is 0. The van der Waals surface area contributed by atoms with Crippen molar-refractivity contribution < 1.29 is 19.1 Å². The van der Waals surface area contributed by atoms with E-state index in [0.717, 1.165) is 12.8 Å². The van der Waals surface area contributed by atoms with E-state index in [9.17, 15) is 9.59 Å². The SMILES string of the molecule is O=C(OC1CCCCC1OC(=O)N(c1ccccc1)c1ccccc1)N(c1ccccc1)c1ccccc1. The zero-order valence-corrected chi connectivity index (χ0v) is 21.1. The maximum atomic E-state index is 13.6. The van der Waals surface area contributed by atoms with Crippen molar-refractivity contribution in [1.82, 2.24) is 0 Å². The Morgan fingerprint density at radius 3 is 1.00 bits per heavy atom. The lowest BCUT2D eigenvalue weighted by atomic mass is 9.94. The van der Waals surface area contributed by atoms with Gasteiger partial charge in [0.2, 0.25) is 0 Å². The largest absolute Gasteiger partial charge is 0.442 e. The number of carbonyl (C=O) groups is 2. The number of rotatable bonds is 6. The van der Waals surface area contributed by atoms with Crippen LogP contribution in [0.15, 0.2) is 121 Å². The second kappa shape index (κ2) is 12.1. The van der Waals surface area contributed by atoms with E-state index >= 15 is 0 Å². The topological polar surface area (TPSA) is 59.1 Å². The predicted molar refractivity (Wildman–Crippen MR) is 149 cm³/mol. The second-order valence-electron chi connectivity index (χ2n) is 9.14. The molecule has 0 N–H and O–H groups in total. The molecule has 1 saturated carbocycles. The minimum atomic E-state index is -0.552. The highest BCUT2D eigenvalue weighted by atomic mass is 16.6. The first-order valence-corrected chi connectivity index (χ1v) is 12.9. The molecule has 1 fully saturated rings. The minimum Gasteiger partial charge on any atom is -0.442 e. The third-order valence-corrected chi connectivity index (χ3v) is 6.57. The Hall–Kier alpha value is -4.58. The summed E-state index contributed by atoms with van der Waals surface area (Å²) in [6.45, 7) is 0. The third kappa shape index (κ3) is 5.86. The van der Waals surface area contributed by atoms with Crippen LogP contribution in [-0.4, -0.2) is 24.4 Å². The highest BCUT2D eigenvalue weighted by Gasteiger charge is 2.35. The maximum Gasteiger partial charge on any atom is 0.419 e. The van der Waals surface area contributed by atoms with E-state index in [4.69, 9.17) is 9.47 Å². The molecule has 1 aliphatic rings. The number of benzene rings is 4. The van der Waals surface area contributed by atoms with Crippen molar-refractivity contribution in [3.8, 4) is 0 Å². The molecule has 0 bridgehead atoms. The molecule has 5 rings (SSSR count). The zero-order chi connectivity index (χ0) is 26.2. The Balaban J connectivity index is 1.37. The van der Waals surface area contributed by atoms with Crippen LogP contribution in [0.3, 0.4) is 0 Å². The fourth-order valence-electron chi connectivity index (χ4n) is 4.72. The van der Waals surface area contributed by atoms with Crippen LogP contribution in [0.4, 0.5) is 32.3 Å². The van der Waals surface area contributed by atoms with Gasteiger partial charge < -0.3 is 9.47 Å². The zero-order valence-electron chi connectivity index (χ0n) is 21.1. The van der Waals surface area contributed by atoms with E-state index in [1.165, 1.54) is 0 Å². The number of anilines is 4. The number of amides is 2. The van der Waals surface area contributed by atoms with Gasteiger partial charge in [-0.3, -0.25) is 0 Å². The molecular formula is C32H30N2O4. The van der Waals surface area contributed by atoms with Gasteiger partial charge in [0, 0.05) is 0 Å². The molecule has 6 heteroatoms. The van der Waals surface area contributed by atoms with Gasteiger partial charge in [-0.2, -0.15) is 0 Å². The standard InChI is InChI=1S/C32H30N2O4/c35-31(33(25-15-5-1-6-16-25)26-17-7-2-8-18-26)37-29-23-13-14-24-30(29)38-32(36)34(27-19-9-3-10-20-27)28-21-11-4-12-22-28/h1-12,15-22,29-30H,13-14,23-24H2. The first-order chi connectivity index (χ1) is 18.7. The van der Waals surface area contributed by atoms with E-state index in [1.54, 1.807) is 9.80 Å². The molecule has 2 unspecified atom stereocenters. The van der Waals surface area contributed by atoms with Crippen molar-refractivity contribution in [2.75, 3.05) is 9.80 Å². The molecule has 4 aromatic carbocycles. The van der Waals surface area contributed by atoms with E-state index in [1.807, 2.05) is 121 Å². The number of nitrogens with zero attached hydrogens (tertiary/aromatic N) is 2. The summed E-state index contributed by atoms with van der Waals surface area (Å²) < 4.78 is 12.1. The normalized spacial score (nSPS) is 16.7. The van der Waals surface area contributed by atoms with Gasteiger partial charge >= 0.3 is 12.2 Å². The Morgan fingerprint density at radius 2 is 0.737 bits per heavy atom. The Labute approximate surface area is 223 Å². The summed E-state index contributed by atoms with van der Waals surface area (Å²) in [4.78, 5) is 30.2. The van der Waals surface area contributed by atoms with E-state index < -0.39 is 24.4 Å². The monoisotopic (exact) mass is 506 g/mol. The molecule has 0 heterocycles. The van der Waals surface area contributed by atoms with Gasteiger partial charge in [-0.05, 0) is 74.2 Å². The third-order valence-electron chi connectivity index (χ3n) is 6.57. The van der Waals surface area contributed by atoms with Gasteiger partial charge in [-0.25, -0.2) is 19.4 Å². The molecule has 0 aromatic heterocycles. The molecule has 2 amide bonds. The molecule has 0 saturated heterocycles. The average molecular weight is 507 g/mol. The van der Waals surface area contributed by atoms with Gasteiger partial charge in [0.25, 0.3) is 0 Å². The number of ether oxygens (including phenoxy) is 2. The molecule has 192 valence electrons. The lowest BCUT2D eigenvalue weighted by Gasteiger charge is -2.34. The summed E-state index contributed by atoms with van der Waals surface area (Å²) in [5.74, 6) is 0. The smallest absolute Gasteiger partial charge is 0.419 e. The number of hydrogen-bond acceptors (Lipinski definition) is 4. The minimum absolute atomic E-state index is 0.502. The molecule has 0 radical (unpaired) electrons. The van der Waals surface area contributed by atoms with Gasteiger partial charge in [0.1, 0.15) is 12.2 Å². The summed E-state index contributed by atoms with van der Waals surface area (Å²) in [5.41, 5.74) is 2.81. The van der Waals surface area contributed by atoms with Crippen LogP contribution >= 0.6 is 0 Å². The van der Waals surface area contributed by atoms with Crippen LogP contribution in [0.1, 0.15) is 25.7 Å². The first kappa shape index (κ1) is 25.1. The molecule has 1 aliphatic carbocycles. The van der Waals surface area contributed by atoms with Gasteiger partial charge in [-0.1, -0.05) is 72.8 Å². The van der Waals surface area contributed by atoms with Gasteiger partial charge in [0.05, 0.1) is 22.7 Å². The predicted octanol–water partition coefficient (Wildman–Crippen LogP) is 8.25. The quantitative estimate of drug-likeness (QED) is 0.264. The van der Waals surface area contributed by atoms with E-state index in [0.29, 0.717) is 35.6 Å². The molecule has 38 heavy (non-hydrogen) atoms. The molecule has 2 atom stereocenters. The summed E-state index contributed by atoms with van der Waals surface area (Å²) in [7, 11) is 0. The molecule has 6 nitrogen and oxygen atoms in total. The van der Waals surface area contributed by atoms with Crippen molar-refractivity contribution in [1.29, 1.82) is 0 Å². The number of carbonyl (C=O) groups excluding carboxylic acids is 2. The van der Waals surface area contributed by atoms with Crippen LogP contribution < -0.4 is 9.80 Å². The van der Waals surface area contributed by atoms with Crippen molar-refractivity contribution in [2.45, 2.75) is 37.9 Å². The van der Waals surface area contributed by atoms with Crippen molar-refractivity contribution >= 4 is 34.9 Å². The highest BCUT2D eigenvalue weighted by molar-refractivity contribution is 5.97. The lowest BCUT2D eigenvalue weighted by Crippen LogP contribution is -2.42. The van der Waals surface area contributed by atoms with Crippen molar-refractivity contribution in [3.05, 3.63) is 121 Å². The summed E-state index contributed by atoms with van der Waals surface area (Å²) in [6, 6.07) is 37.6. The first-order valence-electron chi connectivity index (χ1n) is 12.9. The van der Waals surface area contributed by atoms with Gasteiger partial charge in [-0.15, -0.1) is 0 Å². The van der Waals surface area contributed by atoms with Crippen molar-refractivity contribution in [2.24, 2.45) is 0 Å². The van der Waals surface area contributed by atoms with Crippen LogP contribution in [0.2, 0.25) is 0 Å². The fourth-order valence-corrected chi connectivity index (χ4v) is 4.72. The molecule has 0 spiro atoms. The van der Waals surface area contributed by atoms with Crippen molar-refractivity contribution in [3.63, 3.8) is 0 Å². The summed E-state index contributed by atoms with van der Waals surface area (Å²) in [6.07, 6.45) is 0.923. The fraction of sp³-hybridized carbons (Fsp3) is 0.188.